The number of nitrogens with two attached hydrogens (primary N) is 1. The maximum absolute atomic E-state index is 12.6. The molecule has 2 aromatic heterocycles. The highest BCUT2D eigenvalue weighted by molar-refractivity contribution is 7.21. The van der Waals surface area contributed by atoms with Gasteiger partial charge in [0.25, 0.3) is 5.91 Å². The molecule has 1 aliphatic heterocycles. The third-order valence-electron chi connectivity index (χ3n) is 3.64. The van der Waals surface area contributed by atoms with E-state index in [1.807, 2.05) is 12.1 Å². The van der Waals surface area contributed by atoms with Crippen LogP contribution >= 0.6 is 11.3 Å². The number of thiophene rings is 1. The quantitative estimate of drug-likeness (QED) is 0.840. The predicted molar refractivity (Wildman–Crippen MR) is 79.8 cm³/mol. The molecule has 1 saturated heterocycles. The molecule has 0 bridgehead atoms. The smallest absolute Gasteiger partial charge is 0.266 e. The fraction of sp³-hybridized carbons (Fsp3) is 0.429. The lowest BCUT2D eigenvalue weighted by Gasteiger charge is -2.36. The predicted octanol–water partition coefficient (Wildman–Crippen LogP) is 1.87. The highest BCUT2D eigenvalue weighted by Crippen LogP contribution is 2.33. The highest BCUT2D eigenvalue weighted by Gasteiger charge is 2.32. The molecule has 1 unspecified atom stereocenters. The van der Waals surface area contributed by atoms with Crippen LogP contribution in [0.3, 0.4) is 0 Å². The van der Waals surface area contributed by atoms with Crippen LogP contribution in [0.2, 0.25) is 0 Å². The number of piperidine rings is 1. The van der Waals surface area contributed by atoms with Gasteiger partial charge in [0.1, 0.15) is 10.4 Å². The molecule has 20 heavy (non-hydrogen) atoms. The van der Waals surface area contributed by atoms with Gasteiger partial charge in [-0.25, -0.2) is 0 Å². The zero-order chi connectivity index (χ0) is 14.3. The van der Waals surface area contributed by atoms with E-state index in [4.69, 9.17) is 5.73 Å². The average molecular weight is 291 g/mol. The number of anilines is 1. The van der Waals surface area contributed by atoms with E-state index in [1.54, 1.807) is 18.0 Å². The number of pyridine rings is 1. The number of β-amino-alcohol motifs (C(OH)–C–C–N with tert-alkyl or cyclic N) is 1. The second-order valence-corrected chi connectivity index (χ2v) is 6.57. The molecule has 5 nitrogen and oxygen atoms in total. The number of hydrogen-bond donors (Lipinski definition) is 2. The number of nitrogens with zero attached hydrogens (tertiary/aromatic N) is 2. The first kappa shape index (κ1) is 13.3. The fourth-order valence-electron chi connectivity index (χ4n) is 2.64. The number of carbonyl (C=O) groups excluding carboxylic acids is 1. The van der Waals surface area contributed by atoms with Gasteiger partial charge in [-0.3, -0.25) is 9.78 Å². The molecule has 0 spiro atoms. The Morgan fingerprint density at radius 1 is 1.60 bits per heavy atom. The molecule has 0 aromatic carbocycles. The lowest BCUT2D eigenvalue weighted by atomic mass is 9.95. The summed E-state index contributed by atoms with van der Waals surface area (Å²) in [5, 5.41) is 10.1. The minimum Gasteiger partial charge on any atom is -0.396 e. The number of fused-ring (bicyclic) bond motifs is 1. The number of likely N-dealkylation sites (tertiary alicyclic amines) is 1. The largest absolute Gasteiger partial charge is 0.396 e. The van der Waals surface area contributed by atoms with Gasteiger partial charge >= 0.3 is 0 Å². The molecule has 0 saturated carbocycles. The van der Waals surface area contributed by atoms with Gasteiger partial charge in [-0.05, 0) is 31.9 Å². The van der Waals surface area contributed by atoms with Crippen molar-refractivity contribution in [3.8, 4) is 0 Å². The fourth-order valence-corrected chi connectivity index (χ4v) is 3.69. The van der Waals surface area contributed by atoms with E-state index in [1.165, 1.54) is 11.3 Å². The Morgan fingerprint density at radius 2 is 2.40 bits per heavy atom. The van der Waals surface area contributed by atoms with Gasteiger partial charge in [0.2, 0.25) is 0 Å². The summed E-state index contributed by atoms with van der Waals surface area (Å²) in [6.07, 6.45) is 3.20. The second-order valence-electron chi connectivity index (χ2n) is 5.52. The molecule has 3 N–H and O–H groups in total. The maximum Gasteiger partial charge on any atom is 0.266 e. The molecule has 1 fully saturated rings. The molecule has 1 atom stereocenters. The normalized spacial score (nSPS) is 23.2. The standard InChI is InChI=1S/C14H17N3O2S/c1-14(19)5-3-7-17(8-14)13(18)12-10(15)11-9(20-12)4-2-6-16-11/h2,4,6,19H,3,5,7-8,15H2,1H3. The number of aromatic nitrogens is 1. The van der Waals surface area contributed by atoms with E-state index >= 15 is 0 Å². The van der Waals surface area contributed by atoms with Gasteiger partial charge in [0.15, 0.2) is 0 Å². The molecular formula is C14H17N3O2S. The molecule has 0 radical (unpaired) electrons. The number of rotatable bonds is 1. The van der Waals surface area contributed by atoms with Crippen molar-refractivity contribution in [3.63, 3.8) is 0 Å². The topological polar surface area (TPSA) is 79.5 Å². The van der Waals surface area contributed by atoms with E-state index in [0.717, 1.165) is 17.5 Å². The van der Waals surface area contributed by atoms with E-state index < -0.39 is 5.60 Å². The summed E-state index contributed by atoms with van der Waals surface area (Å²) in [6, 6.07) is 3.74. The van der Waals surface area contributed by atoms with Gasteiger partial charge in [-0.15, -0.1) is 11.3 Å². The summed E-state index contributed by atoms with van der Waals surface area (Å²) in [7, 11) is 0. The molecule has 106 valence electrons. The van der Waals surface area contributed by atoms with Gasteiger partial charge in [-0.2, -0.15) is 0 Å². The summed E-state index contributed by atoms with van der Waals surface area (Å²) >= 11 is 1.37. The molecule has 3 rings (SSSR count). The highest BCUT2D eigenvalue weighted by atomic mass is 32.1. The minimum atomic E-state index is -0.808. The first-order valence-electron chi connectivity index (χ1n) is 6.62. The number of amides is 1. The summed E-state index contributed by atoms with van der Waals surface area (Å²) in [4.78, 5) is 19.0. The van der Waals surface area contributed by atoms with Gasteiger partial charge in [-0.1, -0.05) is 0 Å². The Hall–Kier alpha value is -1.66. The molecular weight excluding hydrogens is 274 g/mol. The summed E-state index contributed by atoms with van der Waals surface area (Å²) in [6.45, 7) is 2.78. The van der Waals surface area contributed by atoms with Crippen molar-refractivity contribution in [2.75, 3.05) is 18.8 Å². The lowest BCUT2D eigenvalue weighted by molar-refractivity contribution is -0.0105. The Bertz CT molecular complexity index is 665. The second kappa shape index (κ2) is 4.71. The number of nitrogen functional groups attached to an aromatic ring is 1. The van der Waals surface area contributed by atoms with Crippen LogP contribution in [0.15, 0.2) is 18.3 Å². The summed E-state index contributed by atoms with van der Waals surface area (Å²) in [5.74, 6) is -0.106. The van der Waals surface area contributed by atoms with Crippen molar-refractivity contribution < 1.29 is 9.90 Å². The third-order valence-corrected chi connectivity index (χ3v) is 4.79. The van der Waals surface area contributed by atoms with E-state index in [-0.39, 0.29) is 5.91 Å². The average Bonchev–Trinajstić information content (AvgIpc) is 2.75. The zero-order valence-corrected chi connectivity index (χ0v) is 12.1. The van der Waals surface area contributed by atoms with Gasteiger partial charge in [0.05, 0.1) is 16.0 Å². The van der Waals surface area contributed by atoms with Crippen molar-refractivity contribution in [1.82, 2.24) is 9.88 Å². The van der Waals surface area contributed by atoms with Crippen molar-refractivity contribution in [3.05, 3.63) is 23.2 Å². The molecule has 0 aliphatic carbocycles. The van der Waals surface area contributed by atoms with Crippen LogP contribution in [0.25, 0.3) is 10.2 Å². The maximum atomic E-state index is 12.6. The van der Waals surface area contributed by atoms with Crippen LogP contribution in [0.1, 0.15) is 29.4 Å². The Balaban J connectivity index is 1.94. The van der Waals surface area contributed by atoms with Crippen molar-refractivity contribution in [2.24, 2.45) is 0 Å². The first-order valence-corrected chi connectivity index (χ1v) is 7.44. The third kappa shape index (κ3) is 2.25. The zero-order valence-electron chi connectivity index (χ0n) is 11.3. The Morgan fingerprint density at radius 3 is 3.10 bits per heavy atom. The van der Waals surface area contributed by atoms with E-state index in [9.17, 15) is 9.90 Å². The van der Waals surface area contributed by atoms with Crippen LogP contribution < -0.4 is 5.73 Å². The Labute approximate surface area is 121 Å². The monoisotopic (exact) mass is 291 g/mol. The summed E-state index contributed by atoms with van der Waals surface area (Å²) < 4.78 is 0.914. The van der Waals surface area contributed by atoms with Crippen LogP contribution in [-0.4, -0.2) is 39.6 Å². The van der Waals surface area contributed by atoms with E-state index in [2.05, 4.69) is 4.98 Å². The van der Waals surface area contributed by atoms with Crippen LogP contribution in [-0.2, 0) is 0 Å². The van der Waals surface area contributed by atoms with Crippen molar-refractivity contribution in [1.29, 1.82) is 0 Å². The number of hydrogen-bond acceptors (Lipinski definition) is 5. The molecule has 1 amide bonds. The first-order chi connectivity index (χ1) is 9.48. The summed E-state index contributed by atoms with van der Waals surface area (Å²) in [5.41, 5.74) is 6.37. The number of carbonyl (C=O) groups is 1. The van der Waals surface area contributed by atoms with Gasteiger partial charge in [0, 0.05) is 19.3 Å². The van der Waals surface area contributed by atoms with Crippen molar-refractivity contribution in [2.45, 2.75) is 25.4 Å². The SMILES string of the molecule is CC1(O)CCCN(C(=O)c2sc3cccnc3c2N)C1. The molecule has 3 heterocycles. The molecule has 1 aliphatic rings. The number of aliphatic hydroxyl groups is 1. The van der Waals surface area contributed by atoms with Crippen molar-refractivity contribution >= 4 is 33.1 Å². The molecule has 2 aromatic rings. The van der Waals surface area contributed by atoms with Gasteiger partial charge < -0.3 is 15.7 Å². The minimum absolute atomic E-state index is 0.106. The van der Waals surface area contributed by atoms with E-state index in [0.29, 0.717) is 29.2 Å². The Kier molecular flexibility index (Phi) is 3.14. The van der Waals surface area contributed by atoms with Crippen LogP contribution in [0.4, 0.5) is 5.69 Å². The lowest BCUT2D eigenvalue weighted by Crippen LogP contribution is -2.48. The van der Waals surface area contributed by atoms with Crippen LogP contribution in [0.5, 0.6) is 0 Å². The van der Waals surface area contributed by atoms with Crippen LogP contribution in [0, 0.1) is 0 Å². The molecule has 6 heteroatoms.